The Morgan fingerprint density at radius 2 is 1.96 bits per heavy atom. The molecule has 2 atom stereocenters. The summed E-state index contributed by atoms with van der Waals surface area (Å²) in [4.78, 5) is 29.1. The number of aromatic nitrogens is 1. The summed E-state index contributed by atoms with van der Waals surface area (Å²) < 4.78 is 4.77. The summed E-state index contributed by atoms with van der Waals surface area (Å²) in [5.41, 5.74) is 0.982. The largest absolute Gasteiger partial charge is 0.465 e. The molecule has 1 aromatic carbocycles. The first-order chi connectivity index (χ1) is 12.6. The highest BCUT2D eigenvalue weighted by atomic mass is 32.1. The van der Waals surface area contributed by atoms with Crippen LogP contribution in [0.4, 0.5) is 5.13 Å². The standard InChI is InChI=1S/C20H22N2O3S/c1-25-17(23)14-6-8-15(9-7-14)20(12-16(20)13-4-2-3-5-13)18(24)22-19-21-10-11-26-19/h6-11,13,16H,2-5,12H2,1H3,(H,21,22,24). The average Bonchev–Trinajstić information content (AvgIpc) is 3.04. The Hall–Kier alpha value is -2.21. The molecule has 2 saturated carbocycles. The van der Waals surface area contributed by atoms with E-state index in [2.05, 4.69) is 10.3 Å². The topological polar surface area (TPSA) is 68.3 Å². The number of esters is 1. The summed E-state index contributed by atoms with van der Waals surface area (Å²) in [6.07, 6.45) is 7.49. The molecule has 2 aromatic rings. The molecule has 0 saturated heterocycles. The number of carbonyl (C=O) groups excluding carboxylic acids is 2. The molecule has 136 valence electrons. The van der Waals surface area contributed by atoms with E-state index in [1.807, 2.05) is 17.5 Å². The van der Waals surface area contributed by atoms with Gasteiger partial charge in [-0.25, -0.2) is 9.78 Å². The number of amides is 1. The lowest BCUT2D eigenvalue weighted by molar-refractivity contribution is -0.119. The highest BCUT2D eigenvalue weighted by Gasteiger charge is 2.63. The number of nitrogens with one attached hydrogen (secondary N) is 1. The van der Waals surface area contributed by atoms with Gasteiger partial charge < -0.3 is 10.1 Å². The van der Waals surface area contributed by atoms with Gasteiger partial charge >= 0.3 is 5.97 Å². The van der Waals surface area contributed by atoms with Crippen LogP contribution in [0.5, 0.6) is 0 Å². The van der Waals surface area contributed by atoms with Crippen LogP contribution in [0.15, 0.2) is 35.8 Å². The second-order valence-corrected chi connectivity index (χ2v) is 8.08. The van der Waals surface area contributed by atoms with Crippen LogP contribution in [0.2, 0.25) is 0 Å². The predicted octanol–water partition coefficient (Wildman–Crippen LogP) is 4.02. The van der Waals surface area contributed by atoms with E-state index in [4.69, 9.17) is 4.74 Å². The monoisotopic (exact) mass is 370 g/mol. The van der Waals surface area contributed by atoms with E-state index < -0.39 is 5.41 Å². The summed E-state index contributed by atoms with van der Waals surface area (Å²) in [7, 11) is 1.37. The van der Waals surface area contributed by atoms with Gasteiger partial charge in [0.05, 0.1) is 18.1 Å². The number of rotatable bonds is 5. The van der Waals surface area contributed by atoms with Gasteiger partial charge in [0.2, 0.25) is 5.91 Å². The predicted molar refractivity (Wildman–Crippen MR) is 100 cm³/mol. The molecule has 0 spiro atoms. The number of benzene rings is 1. The maximum atomic E-state index is 13.2. The molecule has 2 aliphatic rings. The fourth-order valence-corrected chi connectivity index (χ4v) is 4.98. The maximum absolute atomic E-state index is 13.2. The molecule has 5 nitrogen and oxygen atoms in total. The number of carbonyl (C=O) groups is 2. The van der Waals surface area contributed by atoms with Crippen molar-refractivity contribution in [3.63, 3.8) is 0 Å². The Bertz CT molecular complexity index is 797. The fraction of sp³-hybridized carbons (Fsp3) is 0.450. The number of methoxy groups -OCH3 is 1. The van der Waals surface area contributed by atoms with Crippen molar-refractivity contribution in [2.75, 3.05) is 12.4 Å². The van der Waals surface area contributed by atoms with Crippen LogP contribution < -0.4 is 5.32 Å². The van der Waals surface area contributed by atoms with Crippen LogP contribution in [0.3, 0.4) is 0 Å². The van der Waals surface area contributed by atoms with E-state index in [0.29, 0.717) is 22.5 Å². The molecule has 1 heterocycles. The van der Waals surface area contributed by atoms with E-state index in [1.54, 1.807) is 18.3 Å². The van der Waals surface area contributed by atoms with Gasteiger partial charge in [-0.1, -0.05) is 37.8 Å². The molecule has 1 N–H and O–H groups in total. The second kappa shape index (κ2) is 6.83. The molecule has 26 heavy (non-hydrogen) atoms. The molecule has 1 amide bonds. The lowest BCUT2D eigenvalue weighted by Crippen LogP contribution is -2.31. The smallest absolute Gasteiger partial charge is 0.337 e. The Morgan fingerprint density at radius 3 is 2.58 bits per heavy atom. The van der Waals surface area contributed by atoms with Crippen molar-refractivity contribution < 1.29 is 14.3 Å². The van der Waals surface area contributed by atoms with E-state index >= 15 is 0 Å². The first kappa shape index (κ1) is 17.2. The molecule has 2 unspecified atom stereocenters. The number of anilines is 1. The van der Waals surface area contributed by atoms with Crippen molar-refractivity contribution >= 4 is 28.3 Å². The van der Waals surface area contributed by atoms with Crippen LogP contribution in [0.1, 0.15) is 48.0 Å². The molecule has 0 aliphatic heterocycles. The third-order valence-electron chi connectivity index (χ3n) is 5.86. The van der Waals surface area contributed by atoms with Crippen molar-refractivity contribution in [2.24, 2.45) is 11.8 Å². The molecule has 1 aromatic heterocycles. The Labute approximate surface area is 156 Å². The van der Waals surface area contributed by atoms with Gasteiger partial charge in [0, 0.05) is 11.6 Å². The minimum Gasteiger partial charge on any atom is -0.465 e. The Morgan fingerprint density at radius 1 is 1.23 bits per heavy atom. The second-order valence-electron chi connectivity index (χ2n) is 7.19. The lowest BCUT2D eigenvalue weighted by atomic mass is 9.86. The molecular formula is C20H22N2O3S. The maximum Gasteiger partial charge on any atom is 0.337 e. The normalized spacial score (nSPS) is 25.0. The summed E-state index contributed by atoms with van der Waals surface area (Å²) in [6.45, 7) is 0. The van der Waals surface area contributed by atoms with Crippen molar-refractivity contribution in [2.45, 2.75) is 37.5 Å². The first-order valence-electron chi connectivity index (χ1n) is 9.05. The minimum absolute atomic E-state index is 0.0233. The highest BCUT2D eigenvalue weighted by Crippen LogP contribution is 2.61. The molecule has 2 fully saturated rings. The zero-order valence-corrected chi connectivity index (χ0v) is 15.6. The van der Waals surface area contributed by atoms with Crippen molar-refractivity contribution in [1.82, 2.24) is 4.98 Å². The summed E-state index contributed by atoms with van der Waals surface area (Å²) in [5.74, 6) is 0.641. The SMILES string of the molecule is COC(=O)c1ccc(C2(C(=O)Nc3nccs3)CC2C2CCCC2)cc1. The molecule has 6 heteroatoms. The zero-order valence-electron chi connectivity index (χ0n) is 14.7. The van der Waals surface area contributed by atoms with Crippen LogP contribution in [0, 0.1) is 11.8 Å². The van der Waals surface area contributed by atoms with E-state index in [0.717, 1.165) is 12.0 Å². The van der Waals surface area contributed by atoms with Gasteiger partial charge in [-0.15, -0.1) is 11.3 Å². The van der Waals surface area contributed by atoms with Gasteiger partial charge in [0.1, 0.15) is 0 Å². The summed E-state index contributed by atoms with van der Waals surface area (Å²) in [6, 6.07) is 7.32. The Balaban J connectivity index is 1.63. The molecule has 4 rings (SSSR count). The van der Waals surface area contributed by atoms with Gasteiger partial charge in [-0.2, -0.15) is 0 Å². The zero-order chi connectivity index (χ0) is 18.1. The molecular weight excluding hydrogens is 348 g/mol. The van der Waals surface area contributed by atoms with Gasteiger partial charge in [-0.3, -0.25) is 4.79 Å². The number of ether oxygens (including phenoxy) is 1. The van der Waals surface area contributed by atoms with Crippen LogP contribution in [-0.2, 0) is 14.9 Å². The minimum atomic E-state index is -0.505. The molecule has 0 radical (unpaired) electrons. The van der Waals surface area contributed by atoms with Crippen LogP contribution >= 0.6 is 11.3 Å². The Kier molecular flexibility index (Phi) is 4.53. The van der Waals surface area contributed by atoms with E-state index in [1.165, 1.54) is 44.1 Å². The molecule has 0 bridgehead atoms. The van der Waals surface area contributed by atoms with Gasteiger partial charge in [-0.05, 0) is 36.0 Å². The number of hydrogen-bond acceptors (Lipinski definition) is 5. The van der Waals surface area contributed by atoms with E-state index in [9.17, 15) is 9.59 Å². The lowest BCUT2D eigenvalue weighted by Gasteiger charge is -2.20. The molecule has 2 aliphatic carbocycles. The fourth-order valence-electron chi connectivity index (χ4n) is 4.46. The third kappa shape index (κ3) is 2.92. The van der Waals surface area contributed by atoms with Crippen LogP contribution in [0.25, 0.3) is 0 Å². The summed E-state index contributed by atoms with van der Waals surface area (Å²) in [5, 5.41) is 5.49. The quantitative estimate of drug-likeness (QED) is 0.807. The van der Waals surface area contributed by atoms with Crippen molar-refractivity contribution in [3.05, 3.63) is 47.0 Å². The van der Waals surface area contributed by atoms with Gasteiger partial charge in [0.25, 0.3) is 0 Å². The average molecular weight is 370 g/mol. The number of hydrogen-bond donors (Lipinski definition) is 1. The van der Waals surface area contributed by atoms with E-state index in [-0.39, 0.29) is 11.9 Å². The number of thiazole rings is 1. The summed E-state index contributed by atoms with van der Waals surface area (Å²) >= 11 is 1.43. The van der Waals surface area contributed by atoms with Crippen molar-refractivity contribution in [3.8, 4) is 0 Å². The third-order valence-corrected chi connectivity index (χ3v) is 6.55. The first-order valence-corrected chi connectivity index (χ1v) is 9.93. The van der Waals surface area contributed by atoms with Crippen LogP contribution in [-0.4, -0.2) is 24.0 Å². The highest BCUT2D eigenvalue weighted by molar-refractivity contribution is 7.13. The van der Waals surface area contributed by atoms with Crippen molar-refractivity contribution in [1.29, 1.82) is 0 Å². The number of nitrogens with zero attached hydrogens (tertiary/aromatic N) is 1. The van der Waals surface area contributed by atoms with Gasteiger partial charge in [0.15, 0.2) is 5.13 Å².